The molecule has 1 aromatic rings. The van der Waals surface area contributed by atoms with Gasteiger partial charge in [-0.25, -0.2) is 9.67 Å². The summed E-state index contributed by atoms with van der Waals surface area (Å²) >= 11 is 3.48. The van der Waals surface area contributed by atoms with Crippen LogP contribution in [0.15, 0.2) is 0 Å². The predicted molar refractivity (Wildman–Crippen MR) is 84.9 cm³/mol. The van der Waals surface area contributed by atoms with E-state index in [1.54, 1.807) is 0 Å². The molecule has 0 aliphatic rings. The first-order valence-corrected chi connectivity index (χ1v) is 8.92. The lowest BCUT2D eigenvalue weighted by atomic mass is 10.1. The Morgan fingerprint density at radius 1 is 0.895 bits per heavy atom. The van der Waals surface area contributed by atoms with Gasteiger partial charge in [0.2, 0.25) is 0 Å². The second-order valence-electron chi connectivity index (χ2n) is 5.04. The highest BCUT2D eigenvalue weighted by molar-refractivity contribution is 9.09. The molecule has 4 heteroatoms. The molecule has 3 nitrogen and oxygen atoms in total. The molecule has 0 N–H and O–H groups in total. The van der Waals surface area contributed by atoms with Crippen molar-refractivity contribution in [1.29, 1.82) is 0 Å². The van der Waals surface area contributed by atoms with E-state index in [1.807, 2.05) is 0 Å². The average molecular weight is 330 g/mol. The molecule has 0 saturated carbocycles. The van der Waals surface area contributed by atoms with E-state index in [4.69, 9.17) is 0 Å². The Labute approximate surface area is 126 Å². The molecule has 1 heterocycles. The summed E-state index contributed by atoms with van der Waals surface area (Å²) in [6, 6.07) is 0. The number of rotatable bonds is 11. The fourth-order valence-corrected chi connectivity index (χ4v) is 2.65. The highest BCUT2D eigenvalue weighted by Gasteiger charge is 2.06. The van der Waals surface area contributed by atoms with Gasteiger partial charge < -0.3 is 0 Å². The Morgan fingerprint density at radius 2 is 1.53 bits per heavy atom. The number of hydrogen-bond acceptors (Lipinski definition) is 2. The van der Waals surface area contributed by atoms with Gasteiger partial charge in [-0.1, -0.05) is 61.9 Å². The van der Waals surface area contributed by atoms with Crippen LogP contribution in [-0.4, -0.2) is 20.1 Å². The summed E-state index contributed by atoms with van der Waals surface area (Å²) in [6.45, 7) is 5.31. The van der Waals surface area contributed by atoms with E-state index >= 15 is 0 Å². The maximum Gasteiger partial charge on any atom is 0.150 e. The van der Waals surface area contributed by atoms with Crippen LogP contribution in [0.1, 0.15) is 70.4 Å². The van der Waals surface area contributed by atoms with Crippen molar-refractivity contribution in [2.45, 2.75) is 78.2 Å². The molecule has 0 atom stereocenters. The van der Waals surface area contributed by atoms with Crippen molar-refractivity contribution < 1.29 is 0 Å². The van der Waals surface area contributed by atoms with Crippen LogP contribution < -0.4 is 0 Å². The van der Waals surface area contributed by atoms with Crippen molar-refractivity contribution in [3.05, 3.63) is 11.6 Å². The highest BCUT2D eigenvalue weighted by Crippen LogP contribution is 2.09. The summed E-state index contributed by atoms with van der Waals surface area (Å²) in [5.41, 5.74) is 0. The van der Waals surface area contributed by atoms with Gasteiger partial charge in [-0.15, -0.1) is 0 Å². The van der Waals surface area contributed by atoms with Crippen molar-refractivity contribution >= 4 is 15.9 Å². The van der Waals surface area contributed by atoms with Gasteiger partial charge in [0.25, 0.3) is 0 Å². The second kappa shape index (κ2) is 10.4. The Morgan fingerprint density at radius 3 is 2.11 bits per heavy atom. The summed E-state index contributed by atoms with van der Waals surface area (Å²) in [6.07, 6.45) is 11.3. The van der Waals surface area contributed by atoms with Gasteiger partial charge >= 0.3 is 0 Å². The van der Waals surface area contributed by atoms with Crippen molar-refractivity contribution in [1.82, 2.24) is 14.8 Å². The van der Waals surface area contributed by atoms with Crippen molar-refractivity contribution in [2.75, 3.05) is 5.33 Å². The van der Waals surface area contributed by atoms with E-state index in [2.05, 4.69) is 44.5 Å². The van der Waals surface area contributed by atoms with Crippen LogP contribution in [-0.2, 0) is 19.4 Å². The fraction of sp³-hybridized carbons (Fsp3) is 0.867. The first-order chi connectivity index (χ1) is 9.31. The summed E-state index contributed by atoms with van der Waals surface area (Å²) in [5, 5.41) is 5.71. The molecule has 0 bridgehead atoms. The lowest BCUT2D eigenvalue weighted by Crippen LogP contribution is -2.05. The molecule has 1 aromatic heterocycles. The van der Waals surface area contributed by atoms with Crippen molar-refractivity contribution in [3.63, 3.8) is 0 Å². The molecular formula is C15H28BrN3. The van der Waals surface area contributed by atoms with Gasteiger partial charge in [-0.05, 0) is 12.8 Å². The summed E-state index contributed by atoms with van der Waals surface area (Å²) < 4.78 is 2.11. The third kappa shape index (κ3) is 6.55. The van der Waals surface area contributed by atoms with E-state index in [9.17, 15) is 0 Å². The third-order valence-corrected chi connectivity index (χ3v) is 3.99. The third-order valence-electron chi connectivity index (χ3n) is 3.43. The van der Waals surface area contributed by atoms with E-state index in [1.165, 1.54) is 44.9 Å². The molecule has 0 radical (unpaired) electrons. The molecule has 19 heavy (non-hydrogen) atoms. The minimum Gasteiger partial charge on any atom is -0.250 e. The number of halogens is 1. The van der Waals surface area contributed by atoms with Gasteiger partial charge in [0.1, 0.15) is 5.82 Å². The molecule has 0 fully saturated rings. The molecular weight excluding hydrogens is 302 g/mol. The van der Waals surface area contributed by atoms with Gasteiger partial charge in [-0.2, -0.15) is 5.10 Å². The summed E-state index contributed by atoms with van der Waals surface area (Å²) in [5.74, 6) is 2.14. The normalized spacial score (nSPS) is 11.1. The molecule has 1 rings (SSSR count). The maximum atomic E-state index is 4.56. The molecule has 0 amide bonds. The van der Waals surface area contributed by atoms with Crippen LogP contribution in [0.4, 0.5) is 0 Å². The number of hydrogen-bond donors (Lipinski definition) is 0. The molecule has 0 aromatic carbocycles. The second-order valence-corrected chi connectivity index (χ2v) is 5.83. The van der Waals surface area contributed by atoms with Crippen molar-refractivity contribution in [2.24, 2.45) is 0 Å². The van der Waals surface area contributed by atoms with E-state index in [0.29, 0.717) is 0 Å². The van der Waals surface area contributed by atoms with Crippen LogP contribution >= 0.6 is 15.9 Å². The summed E-state index contributed by atoms with van der Waals surface area (Å²) in [7, 11) is 0. The van der Waals surface area contributed by atoms with Crippen LogP contribution in [0.2, 0.25) is 0 Å². The molecule has 110 valence electrons. The van der Waals surface area contributed by atoms with Crippen LogP contribution in [0.5, 0.6) is 0 Å². The average Bonchev–Trinajstić information content (AvgIpc) is 2.84. The number of unbranched alkanes of at least 4 members (excludes halogenated alkanes) is 6. The smallest absolute Gasteiger partial charge is 0.150 e. The Hall–Kier alpha value is -0.380. The zero-order chi connectivity index (χ0) is 13.9. The predicted octanol–water partition coefficient (Wildman–Crippen LogP) is 4.53. The van der Waals surface area contributed by atoms with E-state index in [0.717, 1.165) is 36.4 Å². The fourth-order valence-electron chi connectivity index (χ4n) is 2.26. The topological polar surface area (TPSA) is 30.7 Å². The van der Waals surface area contributed by atoms with Crippen molar-refractivity contribution in [3.8, 4) is 0 Å². The molecule has 0 aliphatic carbocycles. The number of aromatic nitrogens is 3. The van der Waals surface area contributed by atoms with E-state index in [-0.39, 0.29) is 0 Å². The molecule has 0 aliphatic heterocycles. The van der Waals surface area contributed by atoms with Gasteiger partial charge in [0.05, 0.1) is 0 Å². The zero-order valence-electron chi connectivity index (χ0n) is 12.5. The van der Waals surface area contributed by atoms with Crippen LogP contribution in [0.25, 0.3) is 0 Å². The number of aryl methyl sites for hydroxylation is 3. The quantitative estimate of drug-likeness (QED) is 0.441. The largest absolute Gasteiger partial charge is 0.250 e. The van der Waals surface area contributed by atoms with Gasteiger partial charge in [0.15, 0.2) is 5.82 Å². The Bertz CT molecular complexity index is 336. The highest BCUT2D eigenvalue weighted by atomic mass is 79.9. The Balaban J connectivity index is 2.13. The summed E-state index contributed by atoms with van der Waals surface area (Å²) in [4.78, 5) is 4.54. The number of alkyl halides is 1. The standard InChI is InChI=1S/C15H28BrN3/c1-3-14-17-15(4-2)19(18-14)13-11-9-7-5-6-8-10-12-16/h3-13H2,1-2H3. The SMILES string of the molecule is CCc1nc(CC)n(CCCCCCCCCBr)n1. The Kier molecular flexibility index (Phi) is 9.14. The minimum atomic E-state index is 0.938. The number of nitrogens with zero attached hydrogens (tertiary/aromatic N) is 3. The monoisotopic (exact) mass is 329 g/mol. The van der Waals surface area contributed by atoms with Gasteiger partial charge in [0, 0.05) is 24.7 Å². The first-order valence-electron chi connectivity index (χ1n) is 7.80. The lowest BCUT2D eigenvalue weighted by molar-refractivity contribution is 0.508. The first kappa shape index (κ1) is 16.7. The molecule has 0 saturated heterocycles. The molecule has 0 spiro atoms. The van der Waals surface area contributed by atoms with Crippen LogP contribution in [0, 0.1) is 0 Å². The maximum absolute atomic E-state index is 4.56. The minimum absolute atomic E-state index is 0.938. The zero-order valence-corrected chi connectivity index (χ0v) is 14.1. The van der Waals surface area contributed by atoms with Gasteiger partial charge in [-0.3, -0.25) is 0 Å². The van der Waals surface area contributed by atoms with Crippen LogP contribution in [0.3, 0.4) is 0 Å². The lowest BCUT2D eigenvalue weighted by Gasteiger charge is -2.04. The van der Waals surface area contributed by atoms with E-state index < -0.39 is 0 Å². The molecule has 0 unspecified atom stereocenters.